The summed E-state index contributed by atoms with van der Waals surface area (Å²) in [5.74, 6) is -4.47. The van der Waals surface area contributed by atoms with Gasteiger partial charge in [0.25, 0.3) is 37.6 Å². The molecule has 0 spiro atoms. The van der Waals surface area contributed by atoms with E-state index in [1.54, 1.807) is 12.1 Å². The van der Waals surface area contributed by atoms with Crippen molar-refractivity contribution in [1.82, 2.24) is 29.6 Å². The van der Waals surface area contributed by atoms with Gasteiger partial charge in [-0.2, -0.15) is 13.2 Å². The maximum absolute atomic E-state index is 15.8. The first kappa shape index (κ1) is 64.3. The molecule has 17 nitrogen and oxygen atoms in total. The van der Waals surface area contributed by atoms with Gasteiger partial charge in [-0.1, -0.05) is 61.4 Å². The minimum atomic E-state index is -6.21. The van der Waals surface area contributed by atoms with Crippen LogP contribution in [0.2, 0.25) is 5.02 Å². The topological polar surface area (TPSA) is 206 Å². The zero-order chi connectivity index (χ0) is 63.0. The molecule has 5 aromatic rings. The van der Waals surface area contributed by atoms with Crippen LogP contribution in [0.5, 0.6) is 0 Å². The van der Waals surface area contributed by atoms with Gasteiger partial charge < -0.3 is 10.2 Å². The number of hydrogen-bond acceptors (Lipinski definition) is 15. The van der Waals surface area contributed by atoms with Gasteiger partial charge >= 0.3 is 5.51 Å². The number of sulfone groups is 1. The van der Waals surface area contributed by atoms with Crippen LogP contribution in [0.3, 0.4) is 0 Å². The second-order valence-electron chi connectivity index (χ2n) is 24.1. The minimum absolute atomic E-state index is 0.0521. The molecule has 0 radical (unpaired) electrons. The summed E-state index contributed by atoms with van der Waals surface area (Å²) in [5.41, 5.74) is -1.51. The molecule has 88 heavy (non-hydrogen) atoms. The lowest BCUT2D eigenvalue weighted by Gasteiger charge is -2.45. The summed E-state index contributed by atoms with van der Waals surface area (Å²) in [6.45, 7) is 13.5. The number of allylic oxidation sites excluding steroid dienone is 1. The molecule has 0 saturated carbocycles. The normalized spacial score (nSPS) is 21.1. The highest BCUT2D eigenvalue weighted by Crippen LogP contribution is 2.43. The monoisotopic (exact) mass is 1290 g/mol. The predicted molar refractivity (Wildman–Crippen MR) is 329 cm³/mol. The number of alkyl halides is 3. The van der Waals surface area contributed by atoms with E-state index < -0.39 is 88.3 Å². The molecule has 1 aliphatic carbocycles. The highest BCUT2D eigenvalue weighted by Gasteiger charge is 2.49. The highest BCUT2D eigenvalue weighted by atomic mass is 35.5. The van der Waals surface area contributed by atoms with E-state index in [-0.39, 0.29) is 71.3 Å². The standard InChI is InChI=1S/C63H69ClF4N8O9S3/c1-39-34-73(36-43-30-51-52(32-53(43)65)61(81)76(60(51)80)55-20-21-57(77)70-59(55)79)35-40(2)75(39)25-23-46(38-86-48-8-6-5-7-9-48)69-54-19-18-49(31-56(54)87(82,83)63(66,67)68)88(84,85)71-58(78)42-12-16-47(17-13-42)74-28-26-72(27-29-74)37-44-33-62(3,4)24-22-50(44)41-10-14-45(64)15-11-41/h5-19,30-32,39-40,46,55,69H,20-29,33-38H2,1-4H3,(H,71,78)(H,70,77,79)/t39?,40?,46-,55?/m1/s1. The van der Waals surface area contributed by atoms with E-state index in [0.717, 1.165) is 72.6 Å². The summed E-state index contributed by atoms with van der Waals surface area (Å²) >= 11 is 7.58. The third-order valence-corrected chi connectivity index (χ3v) is 21.5. The van der Waals surface area contributed by atoms with E-state index in [0.29, 0.717) is 43.8 Å². The number of rotatable bonds is 19. The predicted octanol–water partition coefficient (Wildman–Crippen LogP) is 9.64. The van der Waals surface area contributed by atoms with Gasteiger partial charge in [-0.15, -0.1) is 11.8 Å². The van der Waals surface area contributed by atoms with Crippen molar-refractivity contribution >= 4 is 89.7 Å². The average molecular weight is 1290 g/mol. The van der Waals surface area contributed by atoms with Crippen LogP contribution < -0.4 is 20.3 Å². The Balaban J connectivity index is 0.793. The largest absolute Gasteiger partial charge is 0.501 e. The van der Waals surface area contributed by atoms with E-state index in [4.69, 9.17) is 11.6 Å². The number of anilines is 2. The third-order valence-electron chi connectivity index (χ3n) is 17.2. The number of halogens is 5. The molecule has 4 heterocycles. The van der Waals surface area contributed by atoms with Crippen molar-refractivity contribution in [2.75, 3.05) is 68.3 Å². The molecule has 4 aliphatic heterocycles. The molecule has 3 saturated heterocycles. The van der Waals surface area contributed by atoms with Crippen molar-refractivity contribution in [3.63, 3.8) is 0 Å². The second-order valence-corrected chi connectivity index (χ2v) is 29.2. The van der Waals surface area contributed by atoms with Gasteiger partial charge in [0, 0.05) is 116 Å². The Morgan fingerprint density at radius 1 is 0.807 bits per heavy atom. The van der Waals surface area contributed by atoms with Crippen molar-refractivity contribution in [2.24, 2.45) is 5.41 Å². The van der Waals surface area contributed by atoms with E-state index >= 15 is 4.39 Å². The lowest BCUT2D eigenvalue weighted by molar-refractivity contribution is -0.136. The van der Waals surface area contributed by atoms with Crippen LogP contribution in [0, 0.1) is 11.2 Å². The number of carbonyl (C=O) groups is 5. The van der Waals surface area contributed by atoms with E-state index in [2.05, 4.69) is 51.3 Å². The number of piperazine rings is 2. The number of nitrogens with zero attached hydrogens (tertiary/aromatic N) is 5. The Morgan fingerprint density at radius 3 is 2.11 bits per heavy atom. The number of nitrogens with one attached hydrogen (secondary N) is 3. The van der Waals surface area contributed by atoms with Gasteiger partial charge in [0.15, 0.2) is 0 Å². The number of amides is 5. The Hall–Kier alpha value is -6.67. The van der Waals surface area contributed by atoms with Gasteiger partial charge in [0.1, 0.15) is 16.8 Å². The fourth-order valence-electron chi connectivity index (χ4n) is 12.6. The number of benzene rings is 5. The SMILES string of the molecule is CC1CN(Cc2cc3c(cc2F)C(=O)N(C2CCC(=O)NC2=O)C3=O)CC(C)N1CC[C@H](CSc1ccccc1)Nc1ccc(S(=O)(=O)NC(=O)c2ccc(N3CCN(CC4=C(c5ccc(Cl)cc5)CCC(C)(C)C4)CC3)cc2)cc1S(=O)(=O)C(F)(F)F. The third kappa shape index (κ3) is 14.3. The molecule has 0 aromatic heterocycles. The quantitative estimate of drug-likeness (QED) is 0.0400. The van der Waals surface area contributed by atoms with Crippen molar-refractivity contribution in [3.05, 3.63) is 153 Å². The van der Waals surface area contributed by atoms with Crippen LogP contribution in [-0.4, -0.2) is 154 Å². The Labute approximate surface area is 519 Å². The zero-order valence-corrected chi connectivity index (χ0v) is 52.2. The van der Waals surface area contributed by atoms with Crippen molar-refractivity contribution in [1.29, 1.82) is 0 Å². The van der Waals surface area contributed by atoms with Gasteiger partial charge in [-0.3, -0.25) is 48.9 Å². The summed E-state index contributed by atoms with van der Waals surface area (Å²) in [4.78, 5) is 72.9. The minimum Gasteiger partial charge on any atom is -0.380 e. The molecule has 468 valence electrons. The molecule has 0 bridgehead atoms. The van der Waals surface area contributed by atoms with Crippen LogP contribution >= 0.6 is 23.4 Å². The number of fused-ring (bicyclic) bond motifs is 1. The molecule has 5 aliphatic rings. The van der Waals surface area contributed by atoms with Crippen LogP contribution in [0.4, 0.5) is 28.9 Å². The van der Waals surface area contributed by atoms with Crippen LogP contribution in [-0.2, 0) is 36.0 Å². The molecule has 5 aromatic carbocycles. The van der Waals surface area contributed by atoms with Crippen molar-refractivity contribution < 1.29 is 58.4 Å². The molecule has 5 amide bonds. The molecule has 3 unspecified atom stereocenters. The van der Waals surface area contributed by atoms with Crippen molar-refractivity contribution in [3.8, 4) is 0 Å². The Morgan fingerprint density at radius 2 is 1.47 bits per heavy atom. The molecule has 25 heteroatoms. The van der Waals surface area contributed by atoms with Crippen LogP contribution in [0.25, 0.3) is 5.57 Å². The summed E-state index contributed by atoms with van der Waals surface area (Å²) < 4.78 is 116. The second kappa shape index (κ2) is 26.0. The van der Waals surface area contributed by atoms with Gasteiger partial charge in [0.05, 0.1) is 21.7 Å². The number of sulfonamides is 1. The van der Waals surface area contributed by atoms with Crippen LogP contribution in [0.15, 0.2) is 129 Å². The molecular formula is C63H69ClF4N8O9S3. The highest BCUT2D eigenvalue weighted by molar-refractivity contribution is 7.99. The maximum atomic E-state index is 15.8. The van der Waals surface area contributed by atoms with E-state index in [1.165, 1.54) is 46.7 Å². The first-order valence-electron chi connectivity index (χ1n) is 29.2. The number of hydrogen-bond donors (Lipinski definition) is 3. The van der Waals surface area contributed by atoms with Gasteiger partial charge in [-0.05, 0) is 141 Å². The summed E-state index contributed by atoms with van der Waals surface area (Å²) in [6.07, 6.45) is 3.21. The Kier molecular flexibility index (Phi) is 19.0. The molecule has 3 N–H and O–H groups in total. The van der Waals surface area contributed by atoms with E-state index in [1.807, 2.05) is 65.9 Å². The molecule has 3 fully saturated rings. The van der Waals surface area contributed by atoms with Gasteiger partial charge in [-0.25, -0.2) is 25.9 Å². The zero-order valence-electron chi connectivity index (χ0n) is 49.0. The summed E-state index contributed by atoms with van der Waals surface area (Å²) in [7, 11) is -11.2. The first-order valence-corrected chi connectivity index (χ1v) is 33.5. The summed E-state index contributed by atoms with van der Waals surface area (Å²) in [5, 5.41) is 5.85. The van der Waals surface area contributed by atoms with E-state index in [9.17, 15) is 54.0 Å². The fraction of sp³-hybridized carbons (Fsp3) is 0.413. The van der Waals surface area contributed by atoms with Crippen molar-refractivity contribution in [2.45, 2.75) is 117 Å². The maximum Gasteiger partial charge on any atom is 0.501 e. The average Bonchev–Trinajstić information content (AvgIpc) is 1.52. The lowest BCUT2D eigenvalue weighted by atomic mass is 9.73. The molecule has 4 atom stereocenters. The number of thioether (sulfide) groups is 1. The number of imide groups is 2. The summed E-state index contributed by atoms with van der Waals surface area (Å²) in [6, 6.07) is 25.8. The fourth-order valence-corrected chi connectivity index (χ4v) is 15.7. The van der Waals surface area contributed by atoms with Crippen LogP contribution in [0.1, 0.15) is 108 Å². The Bertz CT molecular complexity index is 3760. The molecular weight excluding hydrogens is 1220 g/mol. The first-order chi connectivity index (χ1) is 41.6. The molecule has 10 rings (SSSR count). The van der Waals surface area contributed by atoms with Gasteiger partial charge in [0.2, 0.25) is 11.8 Å². The lowest BCUT2D eigenvalue weighted by Crippen LogP contribution is -2.56. The smallest absolute Gasteiger partial charge is 0.380 e. The number of carbonyl (C=O) groups excluding carboxylic acids is 5. The number of piperidine rings is 1.